The van der Waals surface area contributed by atoms with E-state index in [1.807, 2.05) is 32.9 Å². The molecule has 1 fully saturated rings. The smallest absolute Gasteiger partial charge is 0.252 e. The molecule has 3 heterocycles. The monoisotopic (exact) mass is 474 g/mol. The number of benzene rings is 1. The quantitative estimate of drug-likeness (QED) is 0.598. The van der Waals surface area contributed by atoms with Crippen LogP contribution < -0.4 is 5.32 Å². The van der Waals surface area contributed by atoms with Gasteiger partial charge in [-0.15, -0.1) is 11.3 Å². The Labute approximate surface area is 191 Å². The van der Waals surface area contributed by atoms with E-state index in [4.69, 9.17) is 4.52 Å². The van der Waals surface area contributed by atoms with Crippen LogP contribution in [0.4, 0.5) is 5.69 Å². The van der Waals surface area contributed by atoms with Crippen molar-refractivity contribution in [2.45, 2.75) is 44.7 Å². The first-order valence-electron chi connectivity index (χ1n) is 10.4. The number of rotatable bonds is 5. The highest BCUT2D eigenvalue weighted by Gasteiger charge is 2.34. The highest BCUT2D eigenvalue weighted by atomic mass is 32.2. The van der Waals surface area contributed by atoms with Crippen LogP contribution in [0, 0.1) is 33.6 Å². The van der Waals surface area contributed by atoms with Gasteiger partial charge in [0, 0.05) is 36.6 Å². The second-order valence-corrected chi connectivity index (χ2v) is 11.3. The van der Waals surface area contributed by atoms with Crippen LogP contribution in [-0.2, 0) is 14.8 Å². The van der Waals surface area contributed by atoms with Gasteiger partial charge in [0.15, 0.2) is 0 Å². The van der Waals surface area contributed by atoms with Gasteiger partial charge in [-0.3, -0.25) is 4.79 Å². The summed E-state index contributed by atoms with van der Waals surface area (Å²) in [5, 5.41) is 8.58. The molecule has 0 radical (unpaired) electrons. The van der Waals surface area contributed by atoms with E-state index in [9.17, 15) is 13.2 Å². The van der Waals surface area contributed by atoms with Crippen LogP contribution in [0.3, 0.4) is 0 Å². The molecule has 3 aromatic rings. The van der Waals surface area contributed by atoms with E-state index in [1.165, 1.54) is 4.31 Å². The number of nitrogens with one attached hydrogen (secondary N) is 1. The predicted octanol–water partition coefficient (Wildman–Crippen LogP) is 4.07. The predicted molar refractivity (Wildman–Crippen MR) is 123 cm³/mol. The standard InChI is InChI=1S/C22H26N4O4S2/c1-13-8-14(2)20(15(3)9-13)24-22(27)17-6-5-7-26(11-17)32(28,29)19-10-18(12-31-19)21-23-16(4)30-25-21/h8-10,12,17H,5-7,11H2,1-4H3,(H,24,27)/t17-/m0/s1. The fraction of sp³-hybridized carbons (Fsp3) is 0.409. The second-order valence-electron chi connectivity index (χ2n) is 8.26. The van der Waals surface area contributed by atoms with Crippen LogP contribution in [0.25, 0.3) is 11.4 Å². The average molecular weight is 475 g/mol. The lowest BCUT2D eigenvalue weighted by Crippen LogP contribution is -2.43. The maximum Gasteiger partial charge on any atom is 0.252 e. The summed E-state index contributed by atoms with van der Waals surface area (Å²) in [6.45, 7) is 8.18. The Balaban J connectivity index is 1.50. The SMILES string of the molecule is Cc1cc(C)c(NC(=O)[C@H]2CCCN(S(=O)(=O)c3cc(-c4noc(C)n4)cs3)C2)c(C)c1. The number of nitrogens with zero attached hydrogens (tertiary/aromatic N) is 3. The number of aryl methyl sites for hydroxylation is 4. The first-order valence-corrected chi connectivity index (χ1v) is 12.7. The highest BCUT2D eigenvalue weighted by Crippen LogP contribution is 2.32. The molecule has 170 valence electrons. The Morgan fingerprint density at radius 3 is 2.56 bits per heavy atom. The molecule has 1 N–H and O–H groups in total. The molecule has 0 unspecified atom stereocenters. The van der Waals surface area contributed by atoms with Crippen LogP contribution >= 0.6 is 11.3 Å². The molecule has 0 spiro atoms. The summed E-state index contributed by atoms with van der Waals surface area (Å²) in [7, 11) is -3.72. The van der Waals surface area contributed by atoms with Crippen LogP contribution in [0.1, 0.15) is 35.4 Å². The van der Waals surface area contributed by atoms with Gasteiger partial charge < -0.3 is 9.84 Å². The van der Waals surface area contributed by atoms with Gasteiger partial charge in [0.2, 0.25) is 17.6 Å². The molecule has 1 aliphatic heterocycles. The fourth-order valence-corrected chi connectivity index (χ4v) is 6.92. The van der Waals surface area contributed by atoms with Crippen molar-refractivity contribution in [3.05, 3.63) is 46.2 Å². The maximum atomic E-state index is 13.2. The average Bonchev–Trinajstić information content (AvgIpc) is 3.40. The molecule has 0 saturated carbocycles. The van der Waals surface area contributed by atoms with Gasteiger partial charge in [0.05, 0.1) is 5.92 Å². The van der Waals surface area contributed by atoms with Crippen molar-refractivity contribution >= 4 is 33.0 Å². The van der Waals surface area contributed by atoms with Crippen molar-refractivity contribution in [1.82, 2.24) is 14.4 Å². The molecular weight excluding hydrogens is 448 g/mol. The molecule has 0 aliphatic carbocycles. The van der Waals surface area contributed by atoms with Crippen molar-refractivity contribution < 1.29 is 17.7 Å². The summed E-state index contributed by atoms with van der Waals surface area (Å²) in [6, 6.07) is 5.62. The van der Waals surface area contributed by atoms with Gasteiger partial charge in [0.1, 0.15) is 4.21 Å². The molecule has 1 saturated heterocycles. The van der Waals surface area contributed by atoms with E-state index >= 15 is 0 Å². The zero-order valence-corrected chi connectivity index (χ0v) is 20.1. The van der Waals surface area contributed by atoms with Gasteiger partial charge in [-0.05, 0) is 50.8 Å². The van der Waals surface area contributed by atoms with Crippen LogP contribution in [0.5, 0.6) is 0 Å². The minimum absolute atomic E-state index is 0.144. The lowest BCUT2D eigenvalue weighted by atomic mass is 9.98. The van der Waals surface area contributed by atoms with Crippen LogP contribution in [0.15, 0.2) is 32.3 Å². The molecule has 8 nitrogen and oxygen atoms in total. The third kappa shape index (κ3) is 4.48. The summed E-state index contributed by atoms with van der Waals surface area (Å²) in [5.41, 5.74) is 4.54. The Bertz CT molecular complexity index is 1240. The minimum atomic E-state index is -3.72. The number of carbonyl (C=O) groups is 1. The number of aromatic nitrogens is 2. The van der Waals surface area contributed by atoms with E-state index in [2.05, 4.69) is 15.5 Å². The summed E-state index contributed by atoms with van der Waals surface area (Å²) < 4.78 is 33.1. The summed E-state index contributed by atoms with van der Waals surface area (Å²) >= 11 is 1.12. The topological polar surface area (TPSA) is 105 Å². The minimum Gasteiger partial charge on any atom is -0.339 e. The highest BCUT2D eigenvalue weighted by molar-refractivity contribution is 7.91. The third-order valence-electron chi connectivity index (χ3n) is 5.64. The number of carbonyl (C=O) groups excluding carboxylic acids is 1. The van der Waals surface area contributed by atoms with E-state index in [0.717, 1.165) is 33.7 Å². The van der Waals surface area contributed by atoms with Gasteiger partial charge in [-0.25, -0.2) is 8.42 Å². The molecule has 4 rings (SSSR count). The number of amides is 1. The molecule has 32 heavy (non-hydrogen) atoms. The molecule has 1 atom stereocenters. The summed E-state index contributed by atoms with van der Waals surface area (Å²) in [4.78, 5) is 17.2. The van der Waals surface area contributed by atoms with E-state index < -0.39 is 15.9 Å². The Kier molecular flexibility index (Phi) is 6.19. The zero-order valence-electron chi connectivity index (χ0n) is 18.5. The van der Waals surface area contributed by atoms with Crippen molar-refractivity contribution in [1.29, 1.82) is 0 Å². The molecule has 0 bridgehead atoms. The van der Waals surface area contributed by atoms with E-state index in [1.54, 1.807) is 18.4 Å². The summed E-state index contributed by atoms with van der Waals surface area (Å²) in [6.07, 6.45) is 1.28. The first kappa shape index (κ1) is 22.6. The Morgan fingerprint density at radius 2 is 1.91 bits per heavy atom. The van der Waals surface area contributed by atoms with Crippen molar-refractivity contribution in [3.63, 3.8) is 0 Å². The maximum absolute atomic E-state index is 13.2. The van der Waals surface area contributed by atoms with Crippen molar-refractivity contribution in [2.75, 3.05) is 18.4 Å². The van der Waals surface area contributed by atoms with E-state index in [-0.39, 0.29) is 16.7 Å². The largest absolute Gasteiger partial charge is 0.339 e. The Hall–Kier alpha value is -2.56. The fourth-order valence-electron chi connectivity index (χ4n) is 4.09. The lowest BCUT2D eigenvalue weighted by Gasteiger charge is -2.31. The van der Waals surface area contributed by atoms with E-state index in [0.29, 0.717) is 36.7 Å². The molecule has 1 aliphatic rings. The first-order chi connectivity index (χ1) is 15.1. The molecule has 1 aromatic carbocycles. The second kappa shape index (κ2) is 8.76. The number of hydrogen-bond donors (Lipinski definition) is 1. The van der Waals surface area contributed by atoms with Gasteiger partial charge in [0.25, 0.3) is 10.0 Å². The summed E-state index contributed by atoms with van der Waals surface area (Å²) in [5.74, 6) is 0.228. The number of anilines is 1. The zero-order chi connectivity index (χ0) is 23.0. The number of hydrogen-bond acceptors (Lipinski definition) is 7. The van der Waals surface area contributed by atoms with Crippen molar-refractivity contribution in [2.24, 2.45) is 5.92 Å². The van der Waals surface area contributed by atoms with Crippen LogP contribution in [0.2, 0.25) is 0 Å². The van der Waals surface area contributed by atoms with Gasteiger partial charge in [-0.1, -0.05) is 22.9 Å². The molecule has 2 aromatic heterocycles. The number of sulfonamides is 1. The van der Waals surface area contributed by atoms with Crippen molar-refractivity contribution in [3.8, 4) is 11.4 Å². The normalized spacial score (nSPS) is 17.4. The lowest BCUT2D eigenvalue weighted by molar-refractivity contribution is -0.120. The van der Waals surface area contributed by atoms with Crippen LogP contribution in [-0.4, -0.2) is 41.9 Å². The Morgan fingerprint density at radius 1 is 1.19 bits per heavy atom. The number of thiophene rings is 1. The number of piperidine rings is 1. The van der Waals surface area contributed by atoms with Gasteiger partial charge in [-0.2, -0.15) is 9.29 Å². The molecule has 10 heteroatoms. The molecular formula is C22H26N4O4S2. The third-order valence-corrected chi connectivity index (χ3v) is 8.92. The molecule has 1 amide bonds. The van der Waals surface area contributed by atoms with Gasteiger partial charge >= 0.3 is 0 Å².